The monoisotopic (exact) mass is 244 g/mol. The highest BCUT2D eigenvalue weighted by Crippen LogP contribution is 2.55. The van der Waals surface area contributed by atoms with Crippen molar-refractivity contribution in [3.05, 3.63) is 0 Å². The zero-order valence-electron chi connectivity index (χ0n) is 9.58. The molecule has 3 fully saturated rings. The summed E-state index contributed by atoms with van der Waals surface area (Å²) in [5, 5.41) is 6.35. The fraction of sp³-hybridized carbons (Fsp3) is 0.917. The van der Waals surface area contributed by atoms with Crippen molar-refractivity contribution in [3.63, 3.8) is 0 Å². The van der Waals surface area contributed by atoms with Crippen LogP contribution < -0.4 is 10.6 Å². The topological polar surface area (TPSA) is 41.1 Å². The predicted molar refractivity (Wildman–Crippen MR) is 65.6 cm³/mol. The van der Waals surface area contributed by atoms with E-state index in [0.29, 0.717) is 17.7 Å². The molecule has 1 aliphatic heterocycles. The fourth-order valence-corrected chi connectivity index (χ4v) is 3.24. The van der Waals surface area contributed by atoms with Crippen LogP contribution in [0.25, 0.3) is 0 Å². The first kappa shape index (κ1) is 12.2. The molecule has 2 saturated carbocycles. The fourth-order valence-electron chi connectivity index (χ4n) is 3.24. The van der Waals surface area contributed by atoms with Gasteiger partial charge in [-0.3, -0.25) is 4.79 Å². The molecule has 0 spiro atoms. The molecule has 3 rings (SSSR count). The second kappa shape index (κ2) is 4.92. The van der Waals surface area contributed by atoms with E-state index >= 15 is 0 Å². The highest BCUT2D eigenvalue weighted by Gasteiger charge is 2.54. The maximum Gasteiger partial charge on any atom is 0.223 e. The molecule has 3 nitrogen and oxygen atoms in total. The number of rotatable bonds is 3. The van der Waals surface area contributed by atoms with E-state index in [9.17, 15) is 4.79 Å². The molecule has 2 N–H and O–H groups in total. The molecule has 0 aromatic rings. The SMILES string of the molecule is Cl.O=C(NCC1CNC1)C1C2CCCCC21. The van der Waals surface area contributed by atoms with Crippen LogP contribution in [-0.4, -0.2) is 25.5 Å². The first-order valence-electron chi connectivity index (χ1n) is 6.34. The molecule has 16 heavy (non-hydrogen) atoms. The third-order valence-electron chi connectivity index (χ3n) is 4.39. The van der Waals surface area contributed by atoms with Gasteiger partial charge in [-0.15, -0.1) is 12.4 Å². The van der Waals surface area contributed by atoms with Gasteiger partial charge in [0.05, 0.1) is 0 Å². The van der Waals surface area contributed by atoms with Crippen LogP contribution >= 0.6 is 12.4 Å². The second-order valence-corrected chi connectivity index (χ2v) is 5.41. The zero-order chi connectivity index (χ0) is 10.3. The molecule has 1 amide bonds. The Morgan fingerprint density at radius 3 is 2.31 bits per heavy atom. The Morgan fingerprint density at radius 2 is 1.81 bits per heavy atom. The number of carbonyl (C=O) groups is 1. The van der Waals surface area contributed by atoms with Crippen molar-refractivity contribution in [2.75, 3.05) is 19.6 Å². The Morgan fingerprint density at radius 1 is 1.19 bits per heavy atom. The van der Waals surface area contributed by atoms with E-state index in [4.69, 9.17) is 0 Å². The van der Waals surface area contributed by atoms with Gasteiger partial charge in [0.2, 0.25) is 5.91 Å². The summed E-state index contributed by atoms with van der Waals surface area (Å²) in [5.74, 6) is 2.92. The Balaban J connectivity index is 0.000000963. The van der Waals surface area contributed by atoms with E-state index in [1.807, 2.05) is 0 Å². The summed E-state index contributed by atoms with van der Waals surface area (Å²) in [4.78, 5) is 11.9. The van der Waals surface area contributed by atoms with E-state index in [1.54, 1.807) is 0 Å². The minimum atomic E-state index is 0. The van der Waals surface area contributed by atoms with Crippen molar-refractivity contribution < 1.29 is 4.79 Å². The lowest BCUT2D eigenvalue weighted by molar-refractivity contribution is -0.123. The van der Waals surface area contributed by atoms with Gasteiger partial charge in [-0.05, 0) is 24.7 Å². The molecule has 2 atom stereocenters. The second-order valence-electron chi connectivity index (χ2n) is 5.41. The van der Waals surface area contributed by atoms with Crippen LogP contribution in [0.3, 0.4) is 0 Å². The van der Waals surface area contributed by atoms with Crippen molar-refractivity contribution >= 4 is 18.3 Å². The van der Waals surface area contributed by atoms with Crippen molar-refractivity contribution in [1.29, 1.82) is 0 Å². The highest BCUT2D eigenvalue weighted by atomic mass is 35.5. The number of amides is 1. The summed E-state index contributed by atoms with van der Waals surface area (Å²) in [6, 6.07) is 0. The maximum atomic E-state index is 11.9. The number of fused-ring (bicyclic) bond motifs is 1. The van der Waals surface area contributed by atoms with Gasteiger partial charge in [-0.2, -0.15) is 0 Å². The molecule has 92 valence electrons. The van der Waals surface area contributed by atoms with E-state index in [0.717, 1.165) is 31.5 Å². The Labute approximate surface area is 103 Å². The summed E-state index contributed by atoms with van der Waals surface area (Å²) >= 11 is 0. The number of hydrogen-bond acceptors (Lipinski definition) is 2. The van der Waals surface area contributed by atoms with Gasteiger partial charge in [0.1, 0.15) is 0 Å². The Bertz CT molecular complexity index is 256. The summed E-state index contributed by atoms with van der Waals surface area (Å²) < 4.78 is 0. The van der Waals surface area contributed by atoms with Crippen LogP contribution in [0.4, 0.5) is 0 Å². The normalized spacial score (nSPS) is 36.6. The van der Waals surface area contributed by atoms with Crippen LogP contribution in [0.15, 0.2) is 0 Å². The van der Waals surface area contributed by atoms with Gasteiger partial charge >= 0.3 is 0 Å². The molecule has 4 heteroatoms. The quantitative estimate of drug-likeness (QED) is 0.783. The molecule has 0 aromatic heterocycles. The lowest BCUT2D eigenvalue weighted by Gasteiger charge is -2.27. The van der Waals surface area contributed by atoms with E-state index in [1.165, 1.54) is 25.7 Å². The maximum absolute atomic E-state index is 11.9. The Hall–Kier alpha value is -0.280. The first-order chi connectivity index (χ1) is 7.36. The first-order valence-corrected chi connectivity index (χ1v) is 6.34. The summed E-state index contributed by atoms with van der Waals surface area (Å²) in [7, 11) is 0. The summed E-state index contributed by atoms with van der Waals surface area (Å²) in [6.07, 6.45) is 5.29. The van der Waals surface area contributed by atoms with E-state index in [2.05, 4.69) is 10.6 Å². The van der Waals surface area contributed by atoms with Gasteiger partial charge in [-0.1, -0.05) is 12.8 Å². The van der Waals surface area contributed by atoms with Crippen molar-refractivity contribution in [2.45, 2.75) is 25.7 Å². The van der Waals surface area contributed by atoms with Gasteiger partial charge in [0.15, 0.2) is 0 Å². The minimum Gasteiger partial charge on any atom is -0.355 e. The molecule has 0 bridgehead atoms. The molecular weight excluding hydrogens is 224 g/mol. The van der Waals surface area contributed by atoms with Gasteiger partial charge in [0.25, 0.3) is 0 Å². The van der Waals surface area contributed by atoms with Crippen LogP contribution in [0, 0.1) is 23.7 Å². The predicted octanol–water partition coefficient (Wildman–Crippen LogP) is 1.18. The van der Waals surface area contributed by atoms with Crippen molar-refractivity contribution in [2.24, 2.45) is 23.7 Å². The highest BCUT2D eigenvalue weighted by molar-refractivity contribution is 5.85. The van der Waals surface area contributed by atoms with Gasteiger partial charge in [0, 0.05) is 31.5 Å². The largest absolute Gasteiger partial charge is 0.355 e. The molecule has 1 heterocycles. The van der Waals surface area contributed by atoms with Crippen molar-refractivity contribution in [1.82, 2.24) is 10.6 Å². The average Bonchev–Trinajstić information content (AvgIpc) is 2.89. The van der Waals surface area contributed by atoms with Crippen molar-refractivity contribution in [3.8, 4) is 0 Å². The summed E-state index contributed by atoms with van der Waals surface area (Å²) in [6.45, 7) is 3.05. The van der Waals surface area contributed by atoms with E-state index < -0.39 is 0 Å². The molecule has 2 aliphatic carbocycles. The standard InChI is InChI=1S/C12H20N2O.ClH/c15-12(14-7-8-5-13-6-8)11-9-3-1-2-4-10(9)11;/h8-11,13H,1-7H2,(H,14,15);1H. The summed E-state index contributed by atoms with van der Waals surface area (Å²) in [5.41, 5.74) is 0. The molecule has 0 aromatic carbocycles. The smallest absolute Gasteiger partial charge is 0.223 e. The molecule has 1 saturated heterocycles. The number of halogens is 1. The number of carbonyl (C=O) groups excluding carboxylic acids is 1. The van der Waals surface area contributed by atoms with E-state index in [-0.39, 0.29) is 12.4 Å². The number of hydrogen-bond donors (Lipinski definition) is 2. The molecular formula is C12H21ClN2O. The Kier molecular flexibility index (Phi) is 3.75. The molecule has 2 unspecified atom stereocenters. The lowest BCUT2D eigenvalue weighted by atomic mass is 10.0. The molecule has 0 radical (unpaired) electrons. The minimum absolute atomic E-state index is 0. The molecule has 3 aliphatic rings. The zero-order valence-corrected chi connectivity index (χ0v) is 10.4. The van der Waals surface area contributed by atoms with Crippen LogP contribution in [0.5, 0.6) is 0 Å². The van der Waals surface area contributed by atoms with Crippen LogP contribution in [0.2, 0.25) is 0 Å². The van der Waals surface area contributed by atoms with Crippen LogP contribution in [-0.2, 0) is 4.79 Å². The van der Waals surface area contributed by atoms with Gasteiger partial charge in [-0.25, -0.2) is 0 Å². The average molecular weight is 245 g/mol. The van der Waals surface area contributed by atoms with Gasteiger partial charge < -0.3 is 10.6 Å². The van der Waals surface area contributed by atoms with Crippen LogP contribution in [0.1, 0.15) is 25.7 Å². The lowest BCUT2D eigenvalue weighted by Crippen LogP contribution is -2.48. The third kappa shape index (κ3) is 2.21. The number of nitrogens with one attached hydrogen (secondary N) is 2. The third-order valence-corrected chi connectivity index (χ3v) is 4.39.